The van der Waals surface area contributed by atoms with Crippen molar-refractivity contribution < 1.29 is 13.2 Å². The Balaban J connectivity index is 1.67. The first-order valence-electron chi connectivity index (χ1n) is 8.78. The zero-order valence-electron chi connectivity index (χ0n) is 16.2. The van der Waals surface area contributed by atoms with Gasteiger partial charge < -0.3 is 5.32 Å². The number of aromatic nitrogens is 1. The molecule has 1 aromatic heterocycles. The number of anilines is 1. The lowest BCUT2D eigenvalue weighted by atomic mass is 10.2. The van der Waals surface area contributed by atoms with E-state index >= 15 is 0 Å². The number of carbonyl (C=O) groups is 1. The average Bonchev–Trinajstić information content (AvgIpc) is 3.17. The number of carbonyl (C=O) groups excluding carboxylic acids is 1. The van der Waals surface area contributed by atoms with Gasteiger partial charge >= 0.3 is 0 Å². The van der Waals surface area contributed by atoms with E-state index in [1.54, 1.807) is 19.1 Å². The van der Waals surface area contributed by atoms with Crippen molar-refractivity contribution in [3.63, 3.8) is 0 Å². The first-order chi connectivity index (χ1) is 13.8. The molecule has 0 aliphatic rings. The van der Waals surface area contributed by atoms with E-state index < -0.39 is 10.0 Å². The highest BCUT2D eigenvalue weighted by molar-refractivity contribution is 8.02. The second-order valence-corrected chi connectivity index (χ2v) is 11.0. The Kier molecular flexibility index (Phi) is 6.74. The number of benzene rings is 2. The maximum Gasteiger partial charge on any atom is 0.242 e. The standard InChI is InChI=1S/C20H21N3O3S3/c1-14(28-20-22-18(13-27-20)15-8-5-4-6-9-15)19(24)21-16-10-7-11-17(12-16)29(25,26)23(2)3/h4-14H,1-3H3,(H,21,24)/t14-/m0/s1. The summed E-state index contributed by atoms with van der Waals surface area (Å²) in [6, 6.07) is 16.1. The third kappa shape index (κ3) is 5.24. The predicted molar refractivity (Wildman–Crippen MR) is 119 cm³/mol. The molecule has 0 saturated carbocycles. The number of nitrogens with zero attached hydrogens (tertiary/aromatic N) is 2. The lowest BCUT2D eigenvalue weighted by Crippen LogP contribution is -2.24. The molecular weight excluding hydrogens is 426 g/mol. The highest BCUT2D eigenvalue weighted by atomic mass is 32.2. The van der Waals surface area contributed by atoms with Gasteiger partial charge in [-0.15, -0.1) is 11.3 Å². The van der Waals surface area contributed by atoms with E-state index in [2.05, 4.69) is 10.3 Å². The third-order valence-corrected chi connectivity index (χ3v) is 7.96. The summed E-state index contributed by atoms with van der Waals surface area (Å²) >= 11 is 2.86. The summed E-state index contributed by atoms with van der Waals surface area (Å²) in [5.41, 5.74) is 2.36. The van der Waals surface area contributed by atoms with Crippen molar-refractivity contribution in [2.24, 2.45) is 0 Å². The Hall–Kier alpha value is -2.20. The molecule has 152 valence electrons. The van der Waals surface area contributed by atoms with Gasteiger partial charge in [0, 0.05) is 30.7 Å². The lowest BCUT2D eigenvalue weighted by Gasteiger charge is -2.14. The van der Waals surface area contributed by atoms with Crippen molar-refractivity contribution in [1.29, 1.82) is 0 Å². The molecule has 1 atom stereocenters. The Morgan fingerprint density at radius 1 is 1.14 bits per heavy atom. The SMILES string of the molecule is C[C@H](Sc1nc(-c2ccccc2)cs1)C(=O)Nc1cccc(S(=O)(=O)N(C)C)c1. The van der Waals surface area contributed by atoms with Crippen molar-refractivity contribution in [3.8, 4) is 11.3 Å². The largest absolute Gasteiger partial charge is 0.325 e. The summed E-state index contributed by atoms with van der Waals surface area (Å²) in [5.74, 6) is -0.217. The molecule has 0 bridgehead atoms. The van der Waals surface area contributed by atoms with E-state index in [1.165, 1.54) is 49.3 Å². The van der Waals surface area contributed by atoms with Crippen LogP contribution in [0.4, 0.5) is 5.69 Å². The second-order valence-electron chi connectivity index (χ2n) is 6.43. The molecule has 1 heterocycles. The Morgan fingerprint density at radius 2 is 1.86 bits per heavy atom. The second kappa shape index (κ2) is 9.08. The van der Waals surface area contributed by atoms with Crippen LogP contribution < -0.4 is 5.32 Å². The maximum atomic E-state index is 12.6. The van der Waals surface area contributed by atoms with Crippen molar-refractivity contribution in [3.05, 3.63) is 60.0 Å². The monoisotopic (exact) mass is 447 g/mol. The van der Waals surface area contributed by atoms with E-state index in [9.17, 15) is 13.2 Å². The fourth-order valence-corrected chi connectivity index (χ4v) is 5.37. The number of nitrogens with one attached hydrogen (secondary N) is 1. The zero-order valence-corrected chi connectivity index (χ0v) is 18.6. The number of amides is 1. The van der Waals surface area contributed by atoms with Crippen LogP contribution in [0.25, 0.3) is 11.3 Å². The van der Waals surface area contributed by atoms with Gasteiger partial charge in [-0.1, -0.05) is 48.2 Å². The van der Waals surface area contributed by atoms with Crippen molar-refractivity contribution in [2.75, 3.05) is 19.4 Å². The van der Waals surface area contributed by atoms with Crippen LogP contribution in [0.1, 0.15) is 6.92 Å². The Bertz CT molecular complexity index is 1100. The van der Waals surface area contributed by atoms with Crippen molar-refractivity contribution >= 4 is 44.7 Å². The number of thioether (sulfide) groups is 1. The minimum absolute atomic E-state index is 0.132. The summed E-state index contributed by atoms with van der Waals surface area (Å²) in [4.78, 5) is 17.3. The van der Waals surface area contributed by atoms with Crippen LogP contribution in [0.2, 0.25) is 0 Å². The molecule has 0 saturated heterocycles. The molecule has 0 fully saturated rings. The Morgan fingerprint density at radius 3 is 2.55 bits per heavy atom. The summed E-state index contributed by atoms with van der Waals surface area (Å²) in [6.07, 6.45) is 0. The third-order valence-electron chi connectivity index (χ3n) is 4.08. The van der Waals surface area contributed by atoms with E-state index in [4.69, 9.17) is 0 Å². The smallest absolute Gasteiger partial charge is 0.242 e. The van der Waals surface area contributed by atoms with Gasteiger partial charge in [-0.3, -0.25) is 4.79 Å². The molecule has 0 unspecified atom stereocenters. The van der Waals surface area contributed by atoms with Crippen LogP contribution in [-0.2, 0) is 14.8 Å². The van der Waals surface area contributed by atoms with Crippen LogP contribution >= 0.6 is 23.1 Å². The molecule has 29 heavy (non-hydrogen) atoms. The fraction of sp³-hybridized carbons (Fsp3) is 0.200. The molecule has 3 rings (SSSR count). The van der Waals surface area contributed by atoms with Crippen molar-refractivity contribution in [1.82, 2.24) is 9.29 Å². The molecule has 0 aliphatic heterocycles. The molecule has 1 N–H and O–H groups in total. The summed E-state index contributed by atoms with van der Waals surface area (Å²) < 4.78 is 26.5. The summed E-state index contributed by atoms with van der Waals surface area (Å²) in [7, 11) is -0.621. The number of hydrogen-bond donors (Lipinski definition) is 1. The highest BCUT2D eigenvalue weighted by Gasteiger charge is 2.20. The molecule has 0 spiro atoms. The van der Waals surface area contributed by atoms with Gasteiger partial charge in [-0.2, -0.15) is 0 Å². The van der Waals surface area contributed by atoms with Crippen LogP contribution in [-0.4, -0.2) is 43.0 Å². The van der Waals surface area contributed by atoms with Crippen LogP contribution in [0, 0.1) is 0 Å². The predicted octanol–water partition coefficient (Wildman–Crippen LogP) is 4.18. The first kappa shape index (κ1) is 21.5. The molecule has 2 aromatic carbocycles. The van der Waals surface area contributed by atoms with Gasteiger partial charge in [0.1, 0.15) is 0 Å². The number of rotatable bonds is 7. The zero-order chi connectivity index (χ0) is 21.0. The maximum absolute atomic E-state index is 12.6. The lowest BCUT2D eigenvalue weighted by molar-refractivity contribution is -0.115. The van der Waals surface area contributed by atoms with Gasteiger partial charge in [-0.25, -0.2) is 17.7 Å². The quantitative estimate of drug-likeness (QED) is 0.550. The average molecular weight is 448 g/mol. The fourth-order valence-electron chi connectivity index (χ4n) is 2.45. The number of thiazole rings is 1. The molecule has 0 aliphatic carbocycles. The van der Waals surface area contributed by atoms with Gasteiger partial charge in [0.25, 0.3) is 0 Å². The van der Waals surface area contributed by atoms with E-state index in [0.29, 0.717) is 5.69 Å². The molecule has 0 radical (unpaired) electrons. The minimum Gasteiger partial charge on any atom is -0.325 e. The molecule has 3 aromatic rings. The van der Waals surface area contributed by atoms with Gasteiger partial charge in [-0.05, 0) is 25.1 Å². The normalized spacial score (nSPS) is 12.7. The molecular formula is C20H21N3O3S3. The molecule has 6 nitrogen and oxygen atoms in total. The van der Waals surface area contributed by atoms with Crippen LogP contribution in [0.15, 0.2) is 69.2 Å². The molecule has 9 heteroatoms. The summed E-state index contributed by atoms with van der Waals surface area (Å²) in [6.45, 7) is 1.80. The number of sulfonamides is 1. The molecule has 1 amide bonds. The highest BCUT2D eigenvalue weighted by Crippen LogP contribution is 2.31. The minimum atomic E-state index is -3.56. The van der Waals surface area contributed by atoms with E-state index in [1.807, 2.05) is 35.7 Å². The van der Waals surface area contributed by atoms with Gasteiger partial charge in [0.15, 0.2) is 4.34 Å². The van der Waals surface area contributed by atoms with E-state index in [-0.39, 0.29) is 16.1 Å². The van der Waals surface area contributed by atoms with Gasteiger partial charge in [0.05, 0.1) is 15.8 Å². The number of hydrogen-bond acceptors (Lipinski definition) is 6. The summed E-state index contributed by atoms with van der Waals surface area (Å²) in [5, 5.41) is 4.37. The van der Waals surface area contributed by atoms with E-state index in [0.717, 1.165) is 19.9 Å². The van der Waals surface area contributed by atoms with Crippen molar-refractivity contribution in [2.45, 2.75) is 21.4 Å². The Labute approximate surface area is 179 Å². The topological polar surface area (TPSA) is 79.4 Å². The van der Waals surface area contributed by atoms with Crippen LogP contribution in [0.3, 0.4) is 0 Å². The first-order valence-corrected chi connectivity index (χ1v) is 12.0. The van der Waals surface area contributed by atoms with Crippen LogP contribution in [0.5, 0.6) is 0 Å². The van der Waals surface area contributed by atoms with Gasteiger partial charge in [0.2, 0.25) is 15.9 Å².